The van der Waals surface area contributed by atoms with Crippen LogP contribution in [0.3, 0.4) is 0 Å². The lowest BCUT2D eigenvalue weighted by atomic mass is 10.2. The molecule has 0 bridgehead atoms. The zero-order chi connectivity index (χ0) is 23.6. The molecule has 4 rings (SSSR count). The van der Waals surface area contributed by atoms with Crippen LogP contribution in [0.25, 0.3) is 11.0 Å². The van der Waals surface area contributed by atoms with E-state index in [1.54, 1.807) is 30.3 Å². The molecule has 1 aromatic heterocycles. The first-order valence-electron chi connectivity index (χ1n) is 9.50. The number of Topliss-reactive ketones (excluding diaryl/α,β-unsaturated/α-hetero) is 1. The zero-order valence-electron chi connectivity index (χ0n) is 16.7. The van der Waals surface area contributed by atoms with Crippen molar-refractivity contribution in [3.05, 3.63) is 94.2 Å². The number of sulfonamides is 1. The number of ketones is 1. The molecule has 0 spiro atoms. The molecule has 33 heavy (non-hydrogen) atoms. The second-order valence-corrected chi connectivity index (χ2v) is 9.40. The van der Waals surface area contributed by atoms with Gasteiger partial charge < -0.3 is 9.15 Å². The number of para-hydroxylation sites is 1. The topological polar surface area (TPSA) is 103 Å². The van der Waals surface area contributed by atoms with Crippen LogP contribution in [0.15, 0.2) is 82.1 Å². The van der Waals surface area contributed by atoms with Gasteiger partial charge in [-0.3, -0.25) is 9.52 Å². The standard InChI is InChI=1S/C23H15Cl2NO6S/c24-16-6-8-17(9-7-16)26-33(29,30)22-12-15(5-10-18(22)25)23(28)31-13-19(27)21-11-14-3-1-2-4-20(14)32-21/h1-12,26H,13H2. The molecule has 0 aliphatic carbocycles. The van der Waals surface area contributed by atoms with Crippen LogP contribution in [0.2, 0.25) is 10.0 Å². The second-order valence-electron chi connectivity index (χ2n) is 6.91. The maximum Gasteiger partial charge on any atom is 0.338 e. The number of hydrogen-bond acceptors (Lipinski definition) is 6. The van der Waals surface area contributed by atoms with E-state index < -0.39 is 28.4 Å². The van der Waals surface area contributed by atoms with Crippen LogP contribution >= 0.6 is 23.2 Å². The van der Waals surface area contributed by atoms with E-state index in [1.165, 1.54) is 36.4 Å². The van der Waals surface area contributed by atoms with Gasteiger partial charge in [0.1, 0.15) is 10.5 Å². The molecule has 3 aromatic carbocycles. The van der Waals surface area contributed by atoms with Crippen LogP contribution in [-0.4, -0.2) is 26.8 Å². The van der Waals surface area contributed by atoms with Crippen molar-refractivity contribution >= 4 is 61.6 Å². The molecule has 1 N–H and O–H groups in total. The van der Waals surface area contributed by atoms with E-state index in [2.05, 4.69) is 4.72 Å². The summed E-state index contributed by atoms with van der Waals surface area (Å²) in [5, 5.41) is 1.09. The van der Waals surface area contributed by atoms with E-state index in [-0.39, 0.29) is 26.9 Å². The molecule has 0 atom stereocenters. The number of anilines is 1. The minimum Gasteiger partial charge on any atom is -0.454 e. The van der Waals surface area contributed by atoms with Gasteiger partial charge in [-0.2, -0.15) is 0 Å². The van der Waals surface area contributed by atoms with Gasteiger partial charge in [0, 0.05) is 16.1 Å². The van der Waals surface area contributed by atoms with Crippen molar-refractivity contribution in [1.82, 2.24) is 0 Å². The summed E-state index contributed by atoms with van der Waals surface area (Å²) >= 11 is 11.9. The molecule has 4 aromatic rings. The first-order chi connectivity index (χ1) is 15.7. The summed E-state index contributed by atoms with van der Waals surface area (Å²) in [4.78, 5) is 24.5. The summed E-state index contributed by atoms with van der Waals surface area (Å²) in [7, 11) is -4.12. The SMILES string of the molecule is O=C(OCC(=O)c1cc2ccccc2o1)c1ccc(Cl)c(S(=O)(=O)Nc2ccc(Cl)cc2)c1. The molecule has 10 heteroatoms. The van der Waals surface area contributed by atoms with Crippen molar-refractivity contribution in [1.29, 1.82) is 0 Å². The summed E-state index contributed by atoms with van der Waals surface area (Å²) in [5.74, 6) is -1.37. The number of halogens is 2. The van der Waals surface area contributed by atoms with Crippen LogP contribution in [0, 0.1) is 0 Å². The highest BCUT2D eigenvalue weighted by molar-refractivity contribution is 7.92. The minimum atomic E-state index is -4.12. The Balaban J connectivity index is 1.48. The van der Waals surface area contributed by atoms with Crippen molar-refractivity contribution in [3.63, 3.8) is 0 Å². The number of furan rings is 1. The maximum atomic E-state index is 12.8. The molecule has 1 heterocycles. The lowest BCUT2D eigenvalue weighted by molar-refractivity contribution is 0.0468. The van der Waals surface area contributed by atoms with Crippen molar-refractivity contribution in [2.24, 2.45) is 0 Å². The summed E-state index contributed by atoms with van der Waals surface area (Å²) in [6.45, 7) is -0.577. The Bertz CT molecular complexity index is 1430. The van der Waals surface area contributed by atoms with Gasteiger partial charge in [0.05, 0.1) is 10.6 Å². The quantitative estimate of drug-likeness (QED) is 0.260. The number of fused-ring (bicyclic) bond motifs is 1. The fourth-order valence-corrected chi connectivity index (χ4v) is 4.68. The zero-order valence-corrected chi connectivity index (χ0v) is 19.1. The summed E-state index contributed by atoms with van der Waals surface area (Å²) in [6.07, 6.45) is 0. The van der Waals surface area contributed by atoms with Gasteiger partial charge in [-0.25, -0.2) is 13.2 Å². The molecule has 0 fully saturated rings. The lowest BCUT2D eigenvalue weighted by Crippen LogP contribution is -2.16. The summed E-state index contributed by atoms with van der Waals surface area (Å²) in [6, 6.07) is 18.3. The molecule has 0 radical (unpaired) electrons. The number of carbonyl (C=O) groups is 2. The number of nitrogens with one attached hydrogen (secondary N) is 1. The Hall–Kier alpha value is -3.33. The number of rotatable bonds is 7. The first kappa shape index (κ1) is 22.8. The van der Waals surface area contributed by atoms with Crippen LogP contribution in [0.1, 0.15) is 20.9 Å². The number of esters is 1. The van der Waals surface area contributed by atoms with E-state index in [9.17, 15) is 18.0 Å². The Morgan fingerprint density at radius 1 is 0.939 bits per heavy atom. The average Bonchev–Trinajstić information content (AvgIpc) is 3.23. The summed E-state index contributed by atoms with van der Waals surface area (Å²) < 4.78 is 38.4. The Morgan fingerprint density at radius 3 is 2.39 bits per heavy atom. The van der Waals surface area contributed by atoms with Gasteiger partial charge in [0.25, 0.3) is 10.0 Å². The second kappa shape index (κ2) is 9.27. The molecule has 0 unspecified atom stereocenters. The average molecular weight is 504 g/mol. The van der Waals surface area contributed by atoms with E-state index in [1.807, 2.05) is 0 Å². The monoisotopic (exact) mass is 503 g/mol. The van der Waals surface area contributed by atoms with Gasteiger partial charge >= 0.3 is 5.97 Å². The fraction of sp³-hybridized carbons (Fsp3) is 0.0435. The normalized spacial score (nSPS) is 11.3. The highest BCUT2D eigenvalue weighted by Gasteiger charge is 2.22. The molecule has 7 nitrogen and oxygen atoms in total. The highest BCUT2D eigenvalue weighted by Crippen LogP contribution is 2.26. The highest BCUT2D eigenvalue weighted by atomic mass is 35.5. The third-order valence-electron chi connectivity index (χ3n) is 4.59. The Morgan fingerprint density at radius 2 is 1.67 bits per heavy atom. The van der Waals surface area contributed by atoms with Gasteiger partial charge in [0.15, 0.2) is 12.4 Å². The maximum absolute atomic E-state index is 12.8. The third kappa shape index (κ3) is 5.19. The molecule has 0 amide bonds. The van der Waals surface area contributed by atoms with Gasteiger partial charge in [0.2, 0.25) is 5.78 Å². The van der Waals surface area contributed by atoms with E-state index >= 15 is 0 Å². The molecule has 0 saturated heterocycles. The molecule has 168 valence electrons. The number of ether oxygens (including phenoxy) is 1. The van der Waals surface area contributed by atoms with Gasteiger partial charge in [-0.05, 0) is 54.6 Å². The first-order valence-corrected chi connectivity index (χ1v) is 11.7. The largest absolute Gasteiger partial charge is 0.454 e. The number of carbonyl (C=O) groups excluding carboxylic acids is 2. The van der Waals surface area contributed by atoms with E-state index in [0.29, 0.717) is 10.6 Å². The van der Waals surface area contributed by atoms with Crippen LogP contribution in [0.4, 0.5) is 5.69 Å². The Kier molecular flexibility index (Phi) is 6.42. The van der Waals surface area contributed by atoms with E-state index in [4.69, 9.17) is 32.4 Å². The van der Waals surface area contributed by atoms with Crippen LogP contribution in [0.5, 0.6) is 0 Å². The van der Waals surface area contributed by atoms with Crippen molar-refractivity contribution in [2.45, 2.75) is 4.90 Å². The van der Waals surface area contributed by atoms with Gasteiger partial charge in [-0.1, -0.05) is 41.4 Å². The third-order valence-corrected chi connectivity index (χ3v) is 6.70. The van der Waals surface area contributed by atoms with Crippen molar-refractivity contribution < 1.29 is 27.2 Å². The van der Waals surface area contributed by atoms with E-state index in [0.717, 1.165) is 11.5 Å². The lowest BCUT2D eigenvalue weighted by Gasteiger charge is -2.11. The smallest absolute Gasteiger partial charge is 0.338 e. The number of benzene rings is 3. The van der Waals surface area contributed by atoms with Gasteiger partial charge in [-0.15, -0.1) is 0 Å². The van der Waals surface area contributed by atoms with Crippen molar-refractivity contribution in [2.75, 3.05) is 11.3 Å². The number of hydrogen-bond donors (Lipinski definition) is 1. The molecule has 0 saturated carbocycles. The molecule has 0 aliphatic heterocycles. The van der Waals surface area contributed by atoms with Crippen molar-refractivity contribution in [3.8, 4) is 0 Å². The predicted octanol–water partition coefficient (Wildman–Crippen LogP) is 5.58. The fourth-order valence-electron chi connectivity index (χ4n) is 2.97. The molecular weight excluding hydrogens is 489 g/mol. The minimum absolute atomic E-state index is 0.0514. The predicted molar refractivity (Wildman–Crippen MR) is 125 cm³/mol. The molecular formula is C23H15Cl2NO6S. The summed E-state index contributed by atoms with van der Waals surface area (Å²) in [5.41, 5.74) is 0.709. The van der Waals surface area contributed by atoms with Crippen LogP contribution < -0.4 is 4.72 Å². The van der Waals surface area contributed by atoms with Crippen LogP contribution in [-0.2, 0) is 14.8 Å². The molecule has 0 aliphatic rings. The Labute approximate surface area is 198 Å².